The number of allylic oxidation sites excluding steroid dienone is 2. The third-order valence-electron chi connectivity index (χ3n) is 4.75. The first-order chi connectivity index (χ1) is 15.8. The van der Waals surface area contributed by atoms with E-state index in [1.165, 1.54) is 32.1 Å². The highest BCUT2D eigenvalue weighted by Gasteiger charge is 2.23. The Bertz CT molecular complexity index is 585. The fourth-order valence-electron chi connectivity index (χ4n) is 2.82. The Labute approximate surface area is 198 Å². The number of unbranched alkanes of at least 4 members (excludes halogenated alkanes) is 8. The Hall–Kier alpha value is -1.25. The molecule has 0 aromatic carbocycles. The van der Waals surface area contributed by atoms with Crippen molar-refractivity contribution in [1.29, 1.82) is 0 Å². The molecule has 194 valence electrons. The maximum Gasteiger partial charge on any atom is 0.472 e. The van der Waals surface area contributed by atoms with Crippen LogP contribution in [0.15, 0.2) is 12.2 Å². The van der Waals surface area contributed by atoms with Crippen molar-refractivity contribution in [1.82, 2.24) is 5.32 Å². The van der Waals surface area contributed by atoms with Crippen molar-refractivity contribution in [2.45, 2.75) is 97.0 Å². The summed E-state index contributed by atoms with van der Waals surface area (Å²) in [7, 11) is -4.37. The molecule has 0 radical (unpaired) electrons. The summed E-state index contributed by atoms with van der Waals surface area (Å²) in [6, 6.07) is 0. The van der Waals surface area contributed by atoms with Crippen molar-refractivity contribution in [2.75, 3.05) is 26.4 Å². The minimum Gasteiger partial charge on any atom is -0.463 e. The van der Waals surface area contributed by atoms with Gasteiger partial charge in [-0.15, -0.1) is 0 Å². The molecule has 2 unspecified atom stereocenters. The van der Waals surface area contributed by atoms with Crippen molar-refractivity contribution in [3.8, 4) is 0 Å². The molecule has 0 fully saturated rings. The van der Waals surface area contributed by atoms with Crippen LogP contribution in [0, 0.1) is 0 Å². The van der Waals surface area contributed by atoms with Gasteiger partial charge in [0.2, 0.25) is 5.91 Å². The molecule has 0 bridgehead atoms. The molecule has 1 amide bonds. The minimum atomic E-state index is -4.37. The number of hydrogen-bond donors (Lipinski definition) is 3. The van der Waals surface area contributed by atoms with Crippen LogP contribution in [0.4, 0.5) is 0 Å². The third kappa shape index (κ3) is 22.3. The average molecular weight is 494 g/mol. The zero-order valence-corrected chi connectivity index (χ0v) is 21.2. The number of carbonyl (C=O) groups excluding carboxylic acids is 2. The van der Waals surface area contributed by atoms with Crippen LogP contribution < -0.4 is 5.32 Å². The van der Waals surface area contributed by atoms with E-state index in [-0.39, 0.29) is 32.1 Å². The summed E-state index contributed by atoms with van der Waals surface area (Å²) < 4.78 is 25.8. The lowest BCUT2D eigenvalue weighted by atomic mass is 10.1. The summed E-state index contributed by atoms with van der Waals surface area (Å²) >= 11 is 0. The molecule has 9 nitrogen and oxygen atoms in total. The number of aliphatic hydroxyl groups is 1. The molecule has 0 aliphatic heterocycles. The van der Waals surface area contributed by atoms with Gasteiger partial charge in [0.15, 0.2) is 0 Å². The second kappa shape index (κ2) is 21.3. The number of phosphoric acid groups is 1. The first-order valence-electron chi connectivity index (χ1n) is 12.2. The Kier molecular flexibility index (Phi) is 20.5. The molecule has 0 aromatic heterocycles. The molecule has 0 heterocycles. The summed E-state index contributed by atoms with van der Waals surface area (Å²) in [5, 5.41) is 12.2. The largest absolute Gasteiger partial charge is 0.472 e. The predicted molar refractivity (Wildman–Crippen MR) is 128 cm³/mol. The molecule has 0 spiro atoms. The molecular formula is C23H44NO8P. The predicted octanol–water partition coefficient (Wildman–Crippen LogP) is 4.42. The maximum absolute atomic E-state index is 11.8. The molecule has 33 heavy (non-hydrogen) atoms. The fourth-order valence-corrected chi connectivity index (χ4v) is 3.58. The number of aliphatic hydroxyl groups excluding tert-OH is 1. The number of amides is 1. The lowest BCUT2D eigenvalue weighted by molar-refractivity contribution is -0.146. The highest BCUT2D eigenvalue weighted by Crippen LogP contribution is 2.42. The molecule has 10 heteroatoms. The molecule has 3 N–H and O–H groups in total. The number of rotatable bonds is 22. The van der Waals surface area contributed by atoms with Crippen LogP contribution in [0.2, 0.25) is 0 Å². The van der Waals surface area contributed by atoms with Gasteiger partial charge in [0.25, 0.3) is 0 Å². The number of ether oxygens (including phenoxy) is 1. The summed E-state index contributed by atoms with van der Waals surface area (Å²) in [5.41, 5.74) is 0. The molecule has 0 saturated carbocycles. The average Bonchev–Trinajstić information content (AvgIpc) is 2.79. The summed E-state index contributed by atoms with van der Waals surface area (Å²) in [4.78, 5) is 32.3. The zero-order chi connectivity index (χ0) is 24.8. The highest BCUT2D eigenvalue weighted by molar-refractivity contribution is 7.47. The second-order valence-electron chi connectivity index (χ2n) is 7.91. The minimum absolute atomic E-state index is 0.0774. The monoisotopic (exact) mass is 493 g/mol. The molecule has 0 aromatic rings. The third-order valence-corrected chi connectivity index (χ3v) is 5.73. The van der Waals surface area contributed by atoms with Crippen molar-refractivity contribution in [3.05, 3.63) is 12.2 Å². The lowest BCUT2D eigenvalue weighted by Crippen LogP contribution is -2.27. The van der Waals surface area contributed by atoms with E-state index in [1.807, 2.05) is 0 Å². The Morgan fingerprint density at radius 3 is 2.24 bits per heavy atom. The highest BCUT2D eigenvalue weighted by atomic mass is 31.2. The Morgan fingerprint density at radius 2 is 1.58 bits per heavy atom. The van der Waals surface area contributed by atoms with Crippen LogP contribution in [0.3, 0.4) is 0 Å². The van der Waals surface area contributed by atoms with Gasteiger partial charge < -0.3 is 20.1 Å². The first kappa shape index (κ1) is 31.8. The number of esters is 1. The quantitative estimate of drug-likeness (QED) is 0.0874. The van der Waals surface area contributed by atoms with Gasteiger partial charge in [-0.05, 0) is 32.1 Å². The van der Waals surface area contributed by atoms with Gasteiger partial charge in [-0.1, -0.05) is 58.1 Å². The second-order valence-corrected chi connectivity index (χ2v) is 9.37. The van der Waals surface area contributed by atoms with Crippen molar-refractivity contribution < 1.29 is 37.9 Å². The van der Waals surface area contributed by atoms with E-state index >= 15 is 0 Å². The molecule has 0 aliphatic carbocycles. The molecular weight excluding hydrogens is 449 g/mol. The van der Waals surface area contributed by atoms with Crippen LogP contribution >= 0.6 is 7.82 Å². The van der Waals surface area contributed by atoms with E-state index in [9.17, 15) is 24.2 Å². The molecule has 2 atom stereocenters. The van der Waals surface area contributed by atoms with Crippen LogP contribution in [-0.2, 0) is 27.9 Å². The van der Waals surface area contributed by atoms with Crippen molar-refractivity contribution >= 4 is 19.7 Å². The number of hydrogen-bond acceptors (Lipinski definition) is 7. The molecule has 0 saturated heterocycles. The fraction of sp³-hybridized carbons (Fsp3) is 0.826. The molecule has 0 aliphatic rings. The SMILES string of the molecule is CCCCC/C=C\CCCCCCCC(=O)NCCOP(=O)(O)OCC(O)COC(=O)CC. The summed E-state index contributed by atoms with van der Waals surface area (Å²) in [6.07, 6.45) is 15.3. The van der Waals surface area contributed by atoms with Crippen LogP contribution in [0.1, 0.15) is 90.9 Å². The van der Waals surface area contributed by atoms with Gasteiger partial charge in [-0.3, -0.25) is 18.6 Å². The summed E-state index contributed by atoms with van der Waals surface area (Å²) in [5.74, 6) is -0.621. The first-order valence-corrected chi connectivity index (χ1v) is 13.7. The zero-order valence-electron chi connectivity index (χ0n) is 20.3. The van der Waals surface area contributed by atoms with Gasteiger partial charge >= 0.3 is 13.8 Å². The van der Waals surface area contributed by atoms with Gasteiger partial charge in [0.1, 0.15) is 12.7 Å². The van der Waals surface area contributed by atoms with Crippen LogP contribution in [0.5, 0.6) is 0 Å². The van der Waals surface area contributed by atoms with Crippen molar-refractivity contribution in [3.63, 3.8) is 0 Å². The van der Waals surface area contributed by atoms with E-state index in [0.717, 1.165) is 32.1 Å². The summed E-state index contributed by atoms with van der Waals surface area (Å²) in [6.45, 7) is 2.84. The number of carbonyl (C=O) groups is 2. The van der Waals surface area contributed by atoms with Crippen molar-refractivity contribution in [2.24, 2.45) is 0 Å². The smallest absolute Gasteiger partial charge is 0.463 e. The van der Waals surface area contributed by atoms with Gasteiger partial charge in [0, 0.05) is 19.4 Å². The van der Waals surface area contributed by atoms with E-state index in [1.54, 1.807) is 6.92 Å². The number of phosphoric ester groups is 1. The van der Waals surface area contributed by atoms with E-state index < -0.39 is 26.5 Å². The van der Waals surface area contributed by atoms with Gasteiger partial charge in [-0.25, -0.2) is 4.57 Å². The lowest BCUT2D eigenvalue weighted by Gasteiger charge is -2.15. The van der Waals surface area contributed by atoms with Crippen LogP contribution in [-0.4, -0.2) is 54.3 Å². The van der Waals surface area contributed by atoms with E-state index in [4.69, 9.17) is 9.26 Å². The van der Waals surface area contributed by atoms with Gasteiger partial charge in [0.05, 0.1) is 13.2 Å². The molecule has 0 rings (SSSR count). The topological polar surface area (TPSA) is 131 Å². The normalized spacial score (nSPS) is 14.2. The maximum atomic E-state index is 11.8. The number of nitrogens with one attached hydrogen (secondary N) is 1. The van der Waals surface area contributed by atoms with Crippen LogP contribution in [0.25, 0.3) is 0 Å². The Balaban J connectivity index is 3.61. The van der Waals surface area contributed by atoms with E-state index in [2.05, 4.69) is 28.9 Å². The Morgan fingerprint density at radius 1 is 0.939 bits per heavy atom. The standard InChI is InChI=1S/C23H44NO8P/c1-3-5-6-7-8-9-10-11-12-13-14-15-16-22(26)24-17-18-31-33(28,29)32-20-21(25)19-30-23(27)4-2/h8-9,21,25H,3-7,10-20H2,1-2H3,(H,24,26)(H,28,29)/b9-8-. The van der Waals surface area contributed by atoms with Gasteiger partial charge in [-0.2, -0.15) is 0 Å². The van der Waals surface area contributed by atoms with E-state index in [0.29, 0.717) is 6.42 Å².